The van der Waals surface area contributed by atoms with E-state index in [9.17, 15) is 14.7 Å². The van der Waals surface area contributed by atoms with Gasteiger partial charge in [-0.1, -0.05) is 25.8 Å². The molecule has 0 fully saturated rings. The number of carbonyl (C=O) groups is 2. The highest BCUT2D eigenvalue weighted by Crippen LogP contribution is 2.20. The summed E-state index contributed by atoms with van der Waals surface area (Å²) in [5.74, 6) is -0.989. The van der Waals surface area contributed by atoms with Crippen molar-refractivity contribution in [1.29, 1.82) is 0 Å². The number of rotatable bonds is 6. The summed E-state index contributed by atoms with van der Waals surface area (Å²) in [6.07, 6.45) is 3.46. The smallest absolute Gasteiger partial charge is 0.414 e. The lowest BCUT2D eigenvalue weighted by Crippen LogP contribution is -2.27. The fourth-order valence-corrected chi connectivity index (χ4v) is 2.07. The zero-order valence-corrected chi connectivity index (χ0v) is 14.0. The summed E-state index contributed by atoms with van der Waals surface area (Å²) in [4.78, 5) is 26.9. The molecule has 2 N–H and O–H groups in total. The van der Waals surface area contributed by atoms with Crippen molar-refractivity contribution in [2.24, 2.45) is 0 Å². The van der Waals surface area contributed by atoms with Crippen molar-refractivity contribution in [2.75, 3.05) is 5.32 Å². The molecule has 22 heavy (non-hydrogen) atoms. The number of hydrogen-bond donors (Lipinski definition) is 2. The van der Waals surface area contributed by atoms with Gasteiger partial charge in [0.1, 0.15) is 11.2 Å². The molecule has 0 spiro atoms. The molecule has 0 radical (unpaired) electrons. The number of nitrogens with one attached hydrogen (secondary N) is 1. The second kappa shape index (κ2) is 7.88. The number of ether oxygens (including phenoxy) is 1. The molecule has 1 rings (SSSR count). The molecular weight excluding hydrogens is 306 g/mol. The molecule has 0 aromatic carbocycles. The van der Waals surface area contributed by atoms with Crippen LogP contribution in [0.1, 0.15) is 52.8 Å². The molecule has 0 atom stereocenters. The number of carboxylic acid groups (broad SMARTS) is 1. The lowest BCUT2D eigenvalue weighted by atomic mass is 10.1. The van der Waals surface area contributed by atoms with Crippen molar-refractivity contribution < 1.29 is 19.4 Å². The van der Waals surface area contributed by atoms with E-state index in [0.717, 1.165) is 24.4 Å². The Bertz CT molecular complexity index is 561. The van der Waals surface area contributed by atoms with Gasteiger partial charge >= 0.3 is 12.1 Å². The first-order valence-corrected chi connectivity index (χ1v) is 7.78. The highest BCUT2D eigenvalue weighted by Gasteiger charge is 2.20. The third-order valence-corrected chi connectivity index (χ3v) is 3.04. The van der Waals surface area contributed by atoms with E-state index in [4.69, 9.17) is 4.74 Å². The van der Waals surface area contributed by atoms with Crippen LogP contribution in [0.4, 0.5) is 9.93 Å². The number of unbranched alkanes of at least 4 members (excludes halogenated alkanes) is 2. The average molecular weight is 327 g/mol. The Kier molecular flexibility index (Phi) is 6.48. The average Bonchev–Trinajstić information content (AvgIpc) is 2.79. The largest absolute Gasteiger partial charge is 0.478 e. The summed E-state index contributed by atoms with van der Waals surface area (Å²) < 4.78 is 9.07. The monoisotopic (exact) mass is 327 g/mol. The standard InChI is InChI=1S/C14H21N3O4S/c1-5-6-7-8-9(11(18)19)10-15-12(22-17-10)16-13(20)21-14(2,3)4/h8H,5-7H2,1-4H3,(H,18,19)(H,15,16,17,20). The minimum absolute atomic E-state index is 0.0435. The van der Waals surface area contributed by atoms with Gasteiger partial charge in [0.25, 0.3) is 0 Å². The van der Waals surface area contributed by atoms with Gasteiger partial charge in [-0.25, -0.2) is 9.59 Å². The summed E-state index contributed by atoms with van der Waals surface area (Å²) in [6, 6.07) is 0. The van der Waals surface area contributed by atoms with Crippen LogP contribution in [-0.4, -0.2) is 32.1 Å². The van der Waals surface area contributed by atoms with Crippen LogP contribution in [0, 0.1) is 0 Å². The second-order valence-electron chi connectivity index (χ2n) is 5.62. The van der Waals surface area contributed by atoms with Crippen LogP contribution in [-0.2, 0) is 9.53 Å². The number of aromatic nitrogens is 2. The topological polar surface area (TPSA) is 101 Å². The van der Waals surface area contributed by atoms with Crippen molar-refractivity contribution in [3.8, 4) is 0 Å². The van der Waals surface area contributed by atoms with Gasteiger partial charge in [0.05, 0.1) is 0 Å². The molecule has 0 unspecified atom stereocenters. The Labute approximate surface area is 133 Å². The number of aliphatic carboxylic acids is 1. The fraction of sp³-hybridized carbons (Fsp3) is 0.571. The zero-order valence-electron chi connectivity index (χ0n) is 13.2. The first kappa shape index (κ1) is 18.1. The van der Waals surface area contributed by atoms with Crippen LogP contribution in [0.5, 0.6) is 0 Å². The van der Waals surface area contributed by atoms with Gasteiger partial charge in [-0.15, -0.1) is 0 Å². The maximum Gasteiger partial charge on any atom is 0.414 e. The maximum absolute atomic E-state index is 11.6. The number of amides is 1. The van der Waals surface area contributed by atoms with Gasteiger partial charge in [-0.2, -0.15) is 9.36 Å². The molecule has 1 heterocycles. The van der Waals surface area contributed by atoms with E-state index >= 15 is 0 Å². The van der Waals surface area contributed by atoms with E-state index in [1.807, 2.05) is 6.92 Å². The fourth-order valence-electron chi connectivity index (χ4n) is 1.50. The predicted molar refractivity (Wildman–Crippen MR) is 84.9 cm³/mol. The molecular formula is C14H21N3O4S. The highest BCUT2D eigenvalue weighted by atomic mass is 32.1. The summed E-state index contributed by atoms with van der Waals surface area (Å²) in [7, 11) is 0. The molecule has 7 nitrogen and oxygen atoms in total. The third kappa shape index (κ3) is 6.21. The van der Waals surface area contributed by atoms with E-state index in [-0.39, 0.29) is 16.5 Å². The number of anilines is 1. The van der Waals surface area contributed by atoms with Gasteiger partial charge in [-0.05, 0) is 27.2 Å². The van der Waals surface area contributed by atoms with E-state index in [2.05, 4.69) is 14.7 Å². The minimum atomic E-state index is -1.09. The normalized spacial score (nSPS) is 12.1. The van der Waals surface area contributed by atoms with Gasteiger partial charge in [-0.3, -0.25) is 5.32 Å². The lowest BCUT2D eigenvalue weighted by molar-refractivity contribution is -0.130. The zero-order chi connectivity index (χ0) is 16.8. The Morgan fingerprint density at radius 2 is 2.09 bits per heavy atom. The molecule has 0 aliphatic heterocycles. The minimum Gasteiger partial charge on any atom is -0.478 e. The molecule has 122 valence electrons. The number of hydrogen-bond acceptors (Lipinski definition) is 6. The van der Waals surface area contributed by atoms with Crippen LogP contribution >= 0.6 is 11.5 Å². The number of carbonyl (C=O) groups excluding carboxylic acids is 1. The van der Waals surface area contributed by atoms with Crippen LogP contribution < -0.4 is 5.32 Å². The SMILES string of the molecule is CCCCC=C(C(=O)O)c1nsc(NC(=O)OC(C)(C)C)n1. The van der Waals surface area contributed by atoms with Gasteiger partial charge in [0.2, 0.25) is 5.13 Å². The Balaban J connectivity index is 2.78. The van der Waals surface area contributed by atoms with Gasteiger partial charge in [0.15, 0.2) is 5.82 Å². The molecule has 1 aromatic rings. The molecule has 8 heteroatoms. The van der Waals surface area contributed by atoms with Gasteiger partial charge in [0, 0.05) is 11.5 Å². The van der Waals surface area contributed by atoms with E-state index in [1.165, 1.54) is 0 Å². The summed E-state index contributed by atoms with van der Waals surface area (Å²) in [5.41, 5.74) is -0.578. The molecule has 0 saturated carbocycles. The molecule has 0 aliphatic rings. The molecule has 1 amide bonds. The van der Waals surface area contributed by atoms with Crippen LogP contribution in [0.25, 0.3) is 5.57 Å². The molecule has 0 bridgehead atoms. The summed E-state index contributed by atoms with van der Waals surface area (Å²) >= 11 is 0.912. The van der Waals surface area contributed by atoms with Crippen molar-refractivity contribution in [3.05, 3.63) is 11.9 Å². The first-order valence-electron chi connectivity index (χ1n) is 7.00. The number of allylic oxidation sites excluding steroid dienone is 1. The quantitative estimate of drug-likeness (QED) is 0.612. The Hall–Kier alpha value is -1.96. The van der Waals surface area contributed by atoms with Gasteiger partial charge < -0.3 is 9.84 Å². The van der Waals surface area contributed by atoms with Crippen molar-refractivity contribution in [1.82, 2.24) is 9.36 Å². The second-order valence-corrected chi connectivity index (χ2v) is 6.37. The van der Waals surface area contributed by atoms with Crippen molar-refractivity contribution >= 4 is 34.3 Å². The number of nitrogens with zero attached hydrogens (tertiary/aromatic N) is 2. The van der Waals surface area contributed by atoms with Crippen LogP contribution in [0.15, 0.2) is 6.08 Å². The maximum atomic E-state index is 11.6. The van der Waals surface area contributed by atoms with E-state index in [1.54, 1.807) is 26.8 Å². The van der Waals surface area contributed by atoms with E-state index in [0.29, 0.717) is 6.42 Å². The van der Waals surface area contributed by atoms with Crippen LogP contribution in [0.2, 0.25) is 0 Å². The predicted octanol–water partition coefficient (Wildman–Crippen LogP) is 3.54. The third-order valence-electron chi connectivity index (χ3n) is 2.41. The Morgan fingerprint density at radius 1 is 1.41 bits per heavy atom. The summed E-state index contributed by atoms with van der Waals surface area (Å²) in [5, 5.41) is 11.9. The van der Waals surface area contributed by atoms with Crippen molar-refractivity contribution in [2.45, 2.75) is 52.6 Å². The highest BCUT2D eigenvalue weighted by molar-refractivity contribution is 7.10. The lowest BCUT2D eigenvalue weighted by Gasteiger charge is -2.18. The molecule has 0 aliphatic carbocycles. The number of carboxylic acids is 1. The van der Waals surface area contributed by atoms with E-state index < -0.39 is 17.7 Å². The Morgan fingerprint density at radius 3 is 2.64 bits per heavy atom. The van der Waals surface area contributed by atoms with Crippen molar-refractivity contribution in [3.63, 3.8) is 0 Å². The van der Waals surface area contributed by atoms with Crippen LogP contribution in [0.3, 0.4) is 0 Å². The molecule has 0 saturated heterocycles. The first-order chi connectivity index (χ1) is 10.2. The summed E-state index contributed by atoms with van der Waals surface area (Å²) in [6.45, 7) is 7.27. The molecule has 1 aromatic heterocycles.